The normalized spacial score (nSPS) is 16.0. The fraction of sp³-hybridized carbons (Fsp3) is 0.364. The van der Waals surface area contributed by atoms with Gasteiger partial charge in [0.1, 0.15) is 5.56 Å². The van der Waals surface area contributed by atoms with Crippen molar-refractivity contribution in [3.05, 3.63) is 23.7 Å². The van der Waals surface area contributed by atoms with E-state index in [1.807, 2.05) is 0 Å². The molecular formula is C11H12N4O2. The summed E-state index contributed by atoms with van der Waals surface area (Å²) in [6.45, 7) is 0. The number of carboxylic acids is 1. The Hall–Kier alpha value is -2.11. The number of nitrogens with zero attached hydrogens (tertiary/aromatic N) is 3. The van der Waals surface area contributed by atoms with Gasteiger partial charge in [-0.05, 0) is 12.8 Å². The second-order valence-electron chi connectivity index (χ2n) is 4.35. The first-order chi connectivity index (χ1) is 8.16. The summed E-state index contributed by atoms with van der Waals surface area (Å²) in [5.74, 6) is -0.719. The van der Waals surface area contributed by atoms with Crippen LogP contribution in [0.2, 0.25) is 0 Å². The minimum atomic E-state index is -0.973. The van der Waals surface area contributed by atoms with Crippen molar-refractivity contribution >= 4 is 17.3 Å². The lowest BCUT2D eigenvalue weighted by molar-refractivity contribution is 0.0696. The molecule has 0 bridgehead atoms. The summed E-state index contributed by atoms with van der Waals surface area (Å²) in [7, 11) is 0. The van der Waals surface area contributed by atoms with Gasteiger partial charge in [0.25, 0.3) is 0 Å². The van der Waals surface area contributed by atoms with Crippen LogP contribution in [0.4, 0.5) is 5.69 Å². The summed E-state index contributed by atoms with van der Waals surface area (Å²) < 4.78 is 1.46. The average Bonchev–Trinajstić information content (AvgIpc) is 2.52. The highest BCUT2D eigenvalue weighted by Crippen LogP contribution is 2.38. The zero-order valence-electron chi connectivity index (χ0n) is 9.13. The van der Waals surface area contributed by atoms with Crippen LogP contribution in [-0.2, 0) is 0 Å². The van der Waals surface area contributed by atoms with E-state index in [4.69, 9.17) is 5.73 Å². The summed E-state index contributed by atoms with van der Waals surface area (Å²) in [6, 6.07) is 0. The van der Waals surface area contributed by atoms with E-state index in [0.717, 1.165) is 19.3 Å². The predicted molar refractivity (Wildman–Crippen MR) is 61.0 cm³/mol. The Bertz CT molecular complexity index is 601. The minimum absolute atomic E-state index is 0.217. The molecule has 17 heavy (non-hydrogen) atoms. The largest absolute Gasteiger partial charge is 0.477 e. The van der Waals surface area contributed by atoms with Crippen molar-refractivity contribution in [3.63, 3.8) is 0 Å². The number of rotatable bonds is 2. The number of hydrogen-bond donors (Lipinski definition) is 2. The molecule has 1 aliphatic carbocycles. The van der Waals surface area contributed by atoms with Crippen molar-refractivity contribution in [2.24, 2.45) is 0 Å². The van der Waals surface area contributed by atoms with Gasteiger partial charge in [0.05, 0.1) is 23.8 Å². The quantitative estimate of drug-likeness (QED) is 0.813. The minimum Gasteiger partial charge on any atom is -0.477 e. The molecule has 1 saturated carbocycles. The van der Waals surface area contributed by atoms with Crippen molar-refractivity contribution in [1.29, 1.82) is 0 Å². The van der Waals surface area contributed by atoms with Gasteiger partial charge < -0.3 is 10.8 Å². The van der Waals surface area contributed by atoms with E-state index in [1.165, 1.54) is 10.7 Å². The van der Waals surface area contributed by atoms with Crippen LogP contribution in [-0.4, -0.2) is 25.7 Å². The smallest absolute Gasteiger partial charge is 0.341 e. The molecule has 6 nitrogen and oxygen atoms in total. The SMILES string of the molecule is Nc1cnc2c(C(=O)O)c(C3CCC3)nn2c1. The summed E-state index contributed by atoms with van der Waals surface area (Å²) in [5.41, 5.74) is 7.31. The maximum absolute atomic E-state index is 11.3. The van der Waals surface area contributed by atoms with Gasteiger partial charge >= 0.3 is 5.97 Å². The number of carbonyl (C=O) groups is 1. The molecule has 0 amide bonds. The second kappa shape index (κ2) is 3.44. The average molecular weight is 232 g/mol. The number of carboxylic acid groups (broad SMARTS) is 1. The Balaban J connectivity index is 2.25. The maximum Gasteiger partial charge on any atom is 0.341 e. The predicted octanol–water partition coefficient (Wildman–Crippen LogP) is 1.28. The van der Waals surface area contributed by atoms with Gasteiger partial charge in [0, 0.05) is 5.92 Å². The number of aromatic carboxylic acids is 1. The number of anilines is 1. The molecule has 88 valence electrons. The molecule has 1 aliphatic rings. The Labute approximate surface area is 97.1 Å². The van der Waals surface area contributed by atoms with Gasteiger partial charge in [-0.3, -0.25) is 0 Å². The summed E-state index contributed by atoms with van der Waals surface area (Å²) in [5, 5.41) is 13.6. The van der Waals surface area contributed by atoms with Gasteiger partial charge in [-0.15, -0.1) is 0 Å². The highest BCUT2D eigenvalue weighted by molar-refractivity contribution is 5.96. The van der Waals surface area contributed by atoms with Crippen molar-refractivity contribution in [3.8, 4) is 0 Å². The van der Waals surface area contributed by atoms with E-state index in [-0.39, 0.29) is 11.5 Å². The zero-order valence-corrected chi connectivity index (χ0v) is 9.13. The zero-order chi connectivity index (χ0) is 12.0. The van der Waals surface area contributed by atoms with E-state index < -0.39 is 5.97 Å². The third-order valence-corrected chi connectivity index (χ3v) is 3.23. The first kappa shape index (κ1) is 10.1. The lowest BCUT2D eigenvalue weighted by Crippen LogP contribution is -2.13. The summed E-state index contributed by atoms with van der Waals surface area (Å²) in [4.78, 5) is 15.4. The fourth-order valence-electron chi connectivity index (χ4n) is 2.14. The van der Waals surface area contributed by atoms with Gasteiger partial charge in [0.15, 0.2) is 5.65 Å². The van der Waals surface area contributed by atoms with Crippen LogP contribution in [0, 0.1) is 0 Å². The molecule has 3 N–H and O–H groups in total. The van der Waals surface area contributed by atoms with Gasteiger partial charge in [-0.1, -0.05) is 6.42 Å². The van der Waals surface area contributed by atoms with Crippen LogP contribution in [0.1, 0.15) is 41.2 Å². The molecule has 3 rings (SSSR count). The monoisotopic (exact) mass is 232 g/mol. The van der Waals surface area contributed by atoms with Crippen LogP contribution >= 0.6 is 0 Å². The van der Waals surface area contributed by atoms with Gasteiger partial charge in [-0.2, -0.15) is 5.10 Å². The van der Waals surface area contributed by atoms with E-state index >= 15 is 0 Å². The Kier molecular flexibility index (Phi) is 2.04. The molecule has 0 spiro atoms. The Morgan fingerprint density at radius 3 is 2.88 bits per heavy atom. The maximum atomic E-state index is 11.3. The molecule has 0 unspecified atom stereocenters. The first-order valence-electron chi connectivity index (χ1n) is 5.54. The Morgan fingerprint density at radius 2 is 2.29 bits per heavy atom. The van der Waals surface area contributed by atoms with Crippen molar-refractivity contribution in [1.82, 2.24) is 14.6 Å². The molecule has 0 atom stereocenters. The van der Waals surface area contributed by atoms with Crippen molar-refractivity contribution in [2.75, 3.05) is 5.73 Å². The molecule has 0 saturated heterocycles. The number of fused-ring (bicyclic) bond motifs is 1. The van der Waals surface area contributed by atoms with Crippen molar-refractivity contribution < 1.29 is 9.90 Å². The highest BCUT2D eigenvalue weighted by atomic mass is 16.4. The molecular weight excluding hydrogens is 220 g/mol. The van der Waals surface area contributed by atoms with E-state index in [2.05, 4.69) is 10.1 Å². The highest BCUT2D eigenvalue weighted by Gasteiger charge is 2.30. The van der Waals surface area contributed by atoms with Crippen LogP contribution in [0.3, 0.4) is 0 Å². The summed E-state index contributed by atoms with van der Waals surface area (Å²) in [6.07, 6.45) is 6.18. The molecule has 2 heterocycles. The van der Waals surface area contributed by atoms with Crippen LogP contribution in [0.15, 0.2) is 12.4 Å². The summed E-state index contributed by atoms with van der Waals surface area (Å²) >= 11 is 0. The lowest BCUT2D eigenvalue weighted by Gasteiger charge is -2.23. The lowest BCUT2D eigenvalue weighted by atomic mass is 9.81. The van der Waals surface area contributed by atoms with Crippen LogP contribution in [0.25, 0.3) is 5.65 Å². The molecule has 1 fully saturated rings. The standard InChI is InChI=1S/C11H12N4O2/c12-7-4-13-10-8(11(16)17)9(6-2-1-3-6)14-15(10)5-7/h4-6H,1-3,12H2,(H,16,17). The molecule has 0 radical (unpaired) electrons. The molecule has 2 aromatic heterocycles. The fourth-order valence-corrected chi connectivity index (χ4v) is 2.14. The molecule has 6 heteroatoms. The van der Waals surface area contributed by atoms with Gasteiger partial charge in [0.2, 0.25) is 0 Å². The third-order valence-electron chi connectivity index (χ3n) is 3.23. The Morgan fingerprint density at radius 1 is 1.53 bits per heavy atom. The van der Waals surface area contributed by atoms with E-state index in [9.17, 15) is 9.90 Å². The van der Waals surface area contributed by atoms with Crippen molar-refractivity contribution in [2.45, 2.75) is 25.2 Å². The third kappa shape index (κ3) is 1.44. The molecule has 2 aromatic rings. The first-order valence-corrected chi connectivity index (χ1v) is 5.54. The second-order valence-corrected chi connectivity index (χ2v) is 4.35. The van der Waals surface area contributed by atoms with Gasteiger partial charge in [-0.25, -0.2) is 14.3 Å². The molecule has 0 aliphatic heterocycles. The number of hydrogen-bond acceptors (Lipinski definition) is 4. The topological polar surface area (TPSA) is 93.5 Å². The number of aromatic nitrogens is 3. The number of nitrogen functional groups attached to an aromatic ring is 1. The van der Waals surface area contributed by atoms with E-state index in [1.54, 1.807) is 6.20 Å². The van der Waals surface area contributed by atoms with E-state index in [0.29, 0.717) is 17.0 Å². The van der Waals surface area contributed by atoms with Crippen LogP contribution < -0.4 is 5.73 Å². The molecule has 0 aromatic carbocycles. The number of nitrogens with two attached hydrogens (primary N) is 1. The van der Waals surface area contributed by atoms with Crippen LogP contribution in [0.5, 0.6) is 0 Å².